The molecule has 0 bridgehead atoms. The lowest BCUT2D eigenvalue weighted by Crippen LogP contribution is -2.42. The number of nitrogens with zero attached hydrogens (tertiary/aromatic N) is 1. The monoisotopic (exact) mass is 468 g/mol. The number of nitrogens with one attached hydrogen (secondary N) is 1. The molecule has 1 saturated carbocycles. The van der Waals surface area contributed by atoms with E-state index in [9.17, 15) is 4.79 Å². The summed E-state index contributed by atoms with van der Waals surface area (Å²) >= 11 is 6.54. The van der Waals surface area contributed by atoms with Crippen molar-refractivity contribution in [3.05, 3.63) is 59.1 Å². The molecule has 0 spiro atoms. The zero-order valence-electron chi connectivity index (χ0n) is 20.0. The summed E-state index contributed by atoms with van der Waals surface area (Å²) in [6, 6.07) is 15.5. The molecule has 2 fully saturated rings. The van der Waals surface area contributed by atoms with Crippen molar-refractivity contribution in [1.29, 1.82) is 0 Å². The third kappa shape index (κ3) is 5.91. The molecule has 2 aliphatic rings. The van der Waals surface area contributed by atoms with E-state index in [1.54, 1.807) is 0 Å². The summed E-state index contributed by atoms with van der Waals surface area (Å²) in [5, 5.41) is 3.84. The predicted molar refractivity (Wildman–Crippen MR) is 136 cm³/mol. The van der Waals surface area contributed by atoms with Crippen molar-refractivity contribution in [2.75, 3.05) is 31.6 Å². The van der Waals surface area contributed by atoms with E-state index in [4.69, 9.17) is 16.3 Å². The van der Waals surface area contributed by atoms with Crippen LogP contribution in [0.15, 0.2) is 48.5 Å². The average molecular weight is 469 g/mol. The molecule has 1 heterocycles. The fourth-order valence-electron chi connectivity index (χ4n) is 5.78. The van der Waals surface area contributed by atoms with Crippen molar-refractivity contribution >= 4 is 23.2 Å². The lowest BCUT2D eigenvalue weighted by atomic mass is 9.68. The Hall–Kier alpha value is -2.04. The fraction of sp³-hybridized carbons (Fsp3) is 0.536. The molecule has 4 nitrogen and oxygen atoms in total. The summed E-state index contributed by atoms with van der Waals surface area (Å²) in [7, 11) is 0. The molecular weight excluding hydrogens is 432 g/mol. The normalized spacial score (nSPS) is 23.1. The molecule has 1 aliphatic heterocycles. The number of anilines is 1. The third-order valence-electron chi connectivity index (χ3n) is 7.26. The number of carbonyl (C=O) groups excluding carboxylic acids is 1. The van der Waals surface area contributed by atoms with Gasteiger partial charge >= 0.3 is 0 Å². The van der Waals surface area contributed by atoms with Crippen LogP contribution in [-0.2, 0) is 10.2 Å². The summed E-state index contributed by atoms with van der Waals surface area (Å²) in [6.07, 6.45) is 6.23. The third-order valence-corrected chi connectivity index (χ3v) is 7.59. The van der Waals surface area contributed by atoms with E-state index in [1.165, 1.54) is 12.8 Å². The van der Waals surface area contributed by atoms with E-state index in [0.29, 0.717) is 11.6 Å². The van der Waals surface area contributed by atoms with Crippen LogP contribution in [-0.4, -0.2) is 37.0 Å². The fourth-order valence-corrected chi connectivity index (χ4v) is 6.09. The summed E-state index contributed by atoms with van der Waals surface area (Å²) in [5.74, 6) is 2.40. The van der Waals surface area contributed by atoms with Crippen LogP contribution in [0.1, 0.15) is 57.9 Å². The van der Waals surface area contributed by atoms with Crippen LogP contribution in [0.2, 0.25) is 5.02 Å². The van der Waals surface area contributed by atoms with Gasteiger partial charge in [-0.3, -0.25) is 9.69 Å². The highest BCUT2D eigenvalue weighted by Crippen LogP contribution is 2.43. The van der Waals surface area contributed by atoms with Crippen molar-refractivity contribution in [2.45, 2.75) is 57.8 Å². The molecule has 2 aromatic carbocycles. The van der Waals surface area contributed by atoms with E-state index in [0.717, 1.165) is 74.2 Å². The van der Waals surface area contributed by atoms with Crippen LogP contribution in [0.4, 0.5) is 5.69 Å². The average Bonchev–Trinajstić information content (AvgIpc) is 2.80. The zero-order chi connectivity index (χ0) is 23.3. The van der Waals surface area contributed by atoms with E-state index >= 15 is 0 Å². The molecule has 0 unspecified atom stereocenters. The number of ether oxygens (including phenoxy) is 1. The number of carbonyl (C=O) groups is 1. The Kier molecular flexibility index (Phi) is 7.98. The van der Waals surface area contributed by atoms with Gasteiger partial charge in [0, 0.05) is 30.3 Å². The number of benzene rings is 2. The summed E-state index contributed by atoms with van der Waals surface area (Å²) in [6.45, 7) is 8.62. The van der Waals surface area contributed by atoms with Gasteiger partial charge in [0.15, 0.2) is 0 Å². The molecule has 1 aliphatic carbocycles. The van der Waals surface area contributed by atoms with Crippen LogP contribution in [0, 0.1) is 11.8 Å². The number of piperidine rings is 1. The van der Waals surface area contributed by atoms with E-state index in [2.05, 4.69) is 24.1 Å². The summed E-state index contributed by atoms with van der Waals surface area (Å²) in [4.78, 5) is 16.0. The van der Waals surface area contributed by atoms with Gasteiger partial charge in [-0.25, -0.2) is 0 Å². The van der Waals surface area contributed by atoms with E-state index in [-0.39, 0.29) is 5.91 Å². The summed E-state index contributed by atoms with van der Waals surface area (Å²) in [5.41, 5.74) is 1.18. The van der Waals surface area contributed by atoms with Crippen molar-refractivity contribution in [1.82, 2.24) is 4.90 Å². The number of hydrogen-bond acceptors (Lipinski definition) is 3. The molecule has 1 saturated heterocycles. The molecule has 33 heavy (non-hydrogen) atoms. The van der Waals surface area contributed by atoms with Crippen molar-refractivity contribution in [2.24, 2.45) is 11.8 Å². The standard InChI is InChI=1S/C28H37ClN2O2/c1-21-18-22(2)20-31(19-21)16-17-33-24-12-10-23(11-13-24)30-27(32)28(14-6-3-7-15-28)25-8-4-5-9-26(25)29/h4-5,8-13,21-22H,3,6-7,14-20H2,1-2H3,(H,30,32)/t21-,22-/m0/s1. The SMILES string of the molecule is C[C@H]1C[C@H](C)CN(CCOc2ccc(NC(=O)C3(c4ccccc4Cl)CCCCC3)cc2)C1. The Morgan fingerprint density at radius 3 is 2.36 bits per heavy atom. The maximum absolute atomic E-state index is 13.5. The predicted octanol–water partition coefficient (Wildman–Crippen LogP) is 6.54. The molecule has 0 radical (unpaired) electrons. The van der Waals surface area contributed by atoms with Gasteiger partial charge < -0.3 is 10.1 Å². The Morgan fingerprint density at radius 1 is 1.03 bits per heavy atom. The van der Waals surface area contributed by atoms with Crippen molar-refractivity contribution in [3.63, 3.8) is 0 Å². The molecule has 4 rings (SSSR count). The van der Waals surface area contributed by atoms with E-state index < -0.39 is 5.41 Å². The smallest absolute Gasteiger partial charge is 0.235 e. The van der Waals surface area contributed by atoms with Gasteiger partial charge in [0.25, 0.3) is 0 Å². The lowest BCUT2D eigenvalue weighted by molar-refractivity contribution is -0.122. The molecule has 1 amide bonds. The van der Waals surface area contributed by atoms with Crippen LogP contribution < -0.4 is 10.1 Å². The van der Waals surface area contributed by atoms with Crippen molar-refractivity contribution < 1.29 is 9.53 Å². The number of rotatable bonds is 7. The van der Waals surface area contributed by atoms with Gasteiger partial charge in [-0.2, -0.15) is 0 Å². The molecular formula is C28H37ClN2O2. The Morgan fingerprint density at radius 2 is 1.70 bits per heavy atom. The first-order valence-corrected chi connectivity index (χ1v) is 12.9. The van der Waals surface area contributed by atoms with E-state index in [1.807, 2.05) is 48.5 Å². The lowest BCUT2D eigenvalue weighted by Gasteiger charge is -2.37. The minimum Gasteiger partial charge on any atom is -0.492 e. The molecule has 5 heteroatoms. The minimum atomic E-state index is -0.561. The number of hydrogen-bond donors (Lipinski definition) is 1. The number of likely N-dealkylation sites (tertiary alicyclic amines) is 1. The Balaban J connectivity index is 1.36. The van der Waals surface area contributed by atoms with Crippen molar-refractivity contribution in [3.8, 4) is 5.75 Å². The Bertz CT molecular complexity index is 914. The van der Waals surface area contributed by atoms with Gasteiger partial charge in [-0.05, 0) is 67.0 Å². The second-order valence-corrected chi connectivity index (χ2v) is 10.6. The highest BCUT2D eigenvalue weighted by atomic mass is 35.5. The van der Waals surface area contributed by atoms with Gasteiger partial charge in [-0.1, -0.05) is 62.9 Å². The Labute approximate surface area is 203 Å². The van der Waals surface area contributed by atoms with Crippen LogP contribution in [0.25, 0.3) is 0 Å². The summed E-state index contributed by atoms with van der Waals surface area (Å²) < 4.78 is 5.99. The second kappa shape index (κ2) is 10.9. The van der Waals surface area contributed by atoms with Gasteiger partial charge in [-0.15, -0.1) is 0 Å². The maximum Gasteiger partial charge on any atom is 0.235 e. The molecule has 1 N–H and O–H groups in total. The zero-order valence-corrected chi connectivity index (χ0v) is 20.7. The molecule has 178 valence electrons. The first-order chi connectivity index (χ1) is 16.0. The molecule has 0 aromatic heterocycles. The highest BCUT2D eigenvalue weighted by Gasteiger charge is 2.42. The topological polar surface area (TPSA) is 41.6 Å². The van der Waals surface area contributed by atoms with Crippen LogP contribution >= 0.6 is 11.6 Å². The minimum absolute atomic E-state index is 0.0392. The van der Waals surface area contributed by atoms with Crippen LogP contribution in [0.5, 0.6) is 5.75 Å². The second-order valence-electron chi connectivity index (χ2n) is 10.2. The first-order valence-electron chi connectivity index (χ1n) is 12.5. The van der Waals surface area contributed by atoms with Crippen LogP contribution in [0.3, 0.4) is 0 Å². The molecule has 2 atom stereocenters. The maximum atomic E-state index is 13.5. The molecule has 2 aromatic rings. The number of halogens is 1. The highest BCUT2D eigenvalue weighted by molar-refractivity contribution is 6.31. The van der Waals surface area contributed by atoms with Gasteiger partial charge in [0.05, 0.1) is 5.41 Å². The van der Waals surface area contributed by atoms with Gasteiger partial charge in [0.1, 0.15) is 12.4 Å². The first kappa shape index (κ1) is 24.1. The quantitative estimate of drug-likeness (QED) is 0.501. The van der Waals surface area contributed by atoms with Gasteiger partial charge in [0.2, 0.25) is 5.91 Å². The number of amides is 1. The largest absolute Gasteiger partial charge is 0.492 e.